The van der Waals surface area contributed by atoms with Crippen molar-refractivity contribution in [2.24, 2.45) is 11.8 Å². The van der Waals surface area contributed by atoms with Gasteiger partial charge < -0.3 is 59.4 Å². The molecule has 16 atom stereocenters. The Hall–Kier alpha value is -2.32. The second-order valence-electron chi connectivity index (χ2n) is 13.3. The number of carbonyl (C=O) groups excluding carboxylic acids is 2. The van der Waals surface area contributed by atoms with Gasteiger partial charge in [0, 0.05) is 18.6 Å². The van der Waals surface area contributed by atoms with Crippen molar-refractivity contribution in [3.8, 4) is 0 Å². The number of Topliss-reactive ketones (excluding diaryl/α,β-unsaturated/α-hetero) is 1. The zero-order valence-corrected chi connectivity index (χ0v) is 25.7. The highest BCUT2D eigenvalue weighted by molar-refractivity contribution is 6.02. The van der Waals surface area contributed by atoms with E-state index >= 15 is 0 Å². The van der Waals surface area contributed by atoms with Crippen molar-refractivity contribution in [1.29, 1.82) is 0 Å². The summed E-state index contributed by atoms with van der Waals surface area (Å²) >= 11 is 0. The lowest BCUT2D eigenvalue weighted by Gasteiger charge is -2.50. The van der Waals surface area contributed by atoms with Crippen molar-refractivity contribution in [2.75, 3.05) is 20.7 Å². The number of ketones is 2. The van der Waals surface area contributed by atoms with E-state index in [1.165, 1.54) is 13.0 Å². The molecule has 0 spiro atoms. The number of carbonyl (C=O) groups is 2. The van der Waals surface area contributed by atoms with Crippen LogP contribution in [0.3, 0.4) is 0 Å². The number of fused-ring (bicyclic) bond motifs is 2. The highest BCUT2D eigenvalue weighted by atomic mass is 16.8. The van der Waals surface area contributed by atoms with Gasteiger partial charge in [0.1, 0.15) is 72.5 Å². The molecule has 2 saturated heterocycles. The maximum absolute atomic E-state index is 14.3. The largest absolute Gasteiger partial charge is 0.494 e. The van der Waals surface area contributed by atoms with Crippen LogP contribution in [0.2, 0.25) is 0 Å². The van der Waals surface area contributed by atoms with Gasteiger partial charge in [-0.3, -0.25) is 18.8 Å². The number of quaternary nitrogens is 1. The lowest BCUT2D eigenvalue weighted by molar-refractivity contribution is -0.887. The number of nitrogens with zero attached hydrogens (tertiary/aromatic N) is 1. The first-order valence-electron chi connectivity index (χ1n) is 15.3. The highest BCUT2D eigenvalue weighted by Gasteiger charge is 2.59. The van der Waals surface area contributed by atoms with Crippen LogP contribution in [0.5, 0.6) is 0 Å². The molecule has 0 radical (unpaired) electrons. The summed E-state index contributed by atoms with van der Waals surface area (Å²) in [5.74, 6) is -2.40. The van der Waals surface area contributed by atoms with Crippen LogP contribution in [0.25, 0.3) is 0 Å². The summed E-state index contributed by atoms with van der Waals surface area (Å²) in [4.78, 5) is 27.1. The zero-order chi connectivity index (χ0) is 33.4. The molecule has 16 nitrogen and oxygen atoms in total. The third-order valence-corrected chi connectivity index (χ3v) is 9.77. The molecular formula is C30H42NO15+. The van der Waals surface area contributed by atoms with Gasteiger partial charge in [0.15, 0.2) is 24.1 Å². The standard InChI is InChI=1S/C30H42NO15/c1-10-7-12(33)17-14(41-10)8-15-18(22(17)36)23(37)19-13(43-15)5-6-31(3,4)28(19)46-30-27(25(39)21(35)16(9-32)44-30)45-29-26(40)24(38)20(34)11(2)42-29/h5-7,11,14-18,20-22,24-30,32,34-36,38-40H,8-9H2,1-4H3/q+1/t11-,14?,15?,16-,17?,18?,20-,21-,22?,24+,25+,26-,27-,28?,29+,30+/m1/s1. The third kappa shape index (κ3) is 5.53. The molecule has 6 rings (SSSR count). The van der Waals surface area contributed by atoms with Crippen LogP contribution in [-0.2, 0) is 38.0 Å². The summed E-state index contributed by atoms with van der Waals surface area (Å²) in [6, 6.07) is 0. The summed E-state index contributed by atoms with van der Waals surface area (Å²) in [5, 5.41) is 74.0. The summed E-state index contributed by atoms with van der Waals surface area (Å²) in [6.07, 6.45) is -14.8. The van der Waals surface area contributed by atoms with Gasteiger partial charge in [-0.15, -0.1) is 0 Å². The molecule has 0 aromatic rings. The molecule has 6 unspecified atom stereocenters. The molecule has 5 aliphatic heterocycles. The van der Waals surface area contributed by atoms with Gasteiger partial charge in [-0.25, -0.2) is 0 Å². The minimum Gasteiger partial charge on any atom is -0.494 e. The van der Waals surface area contributed by atoms with Crippen LogP contribution in [0.4, 0.5) is 0 Å². The van der Waals surface area contributed by atoms with Crippen molar-refractivity contribution in [3.05, 3.63) is 35.4 Å². The number of likely N-dealkylation sites (N-methyl/N-ethyl adjacent to an activating group) is 1. The Morgan fingerprint density at radius 1 is 0.848 bits per heavy atom. The molecule has 0 aromatic heterocycles. The first kappa shape index (κ1) is 33.6. The van der Waals surface area contributed by atoms with Crippen LogP contribution in [-0.4, -0.2) is 158 Å². The van der Waals surface area contributed by atoms with Gasteiger partial charge in [-0.1, -0.05) is 0 Å². The van der Waals surface area contributed by atoms with E-state index in [2.05, 4.69) is 0 Å². The average molecular weight is 657 g/mol. The molecule has 1 aliphatic carbocycles. The lowest BCUT2D eigenvalue weighted by Crippen LogP contribution is -2.66. The van der Waals surface area contributed by atoms with E-state index in [4.69, 9.17) is 28.4 Å². The van der Waals surface area contributed by atoms with Crippen molar-refractivity contribution < 1.29 is 78.2 Å². The Balaban J connectivity index is 1.31. The Morgan fingerprint density at radius 2 is 1.54 bits per heavy atom. The predicted molar refractivity (Wildman–Crippen MR) is 149 cm³/mol. The second kappa shape index (κ2) is 12.3. The van der Waals surface area contributed by atoms with E-state index in [0.717, 1.165) is 0 Å². The fourth-order valence-corrected chi connectivity index (χ4v) is 7.19. The molecule has 46 heavy (non-hydrogen) atoms. The Bertz CT molecular complexity index is 1310. The maximum atomic E-state index is 14.3. The van der Waals surface area contributed by atoms with Crippen LogP contribution in [0, 0.1) is 11.8 Å². The van der Waals surface area contributed by atoms with Crippen molar-refractivity contribution in [3.63, 3.8) is 0 Å². The molecule has 16 heteroatoms. The summed E-state index contributed by atoms with van der Waals surface area (Å²) < 4.78 is 35.5. The van der Waals surface area contributed by atoms with Crippen LogP contribution < -0.4 is 0 Å². The number of aliphatic hydroxyl groups excluding tert-OH is 7. The Kier molecular flexibility index (Phi) is 8.97. The quantitative estimate of drug-likeness (QED) is 0.144. The molecule has 256 valence electrons. The van der Waals surface area contributed by atoms with Crippen molar-refractivity contribution in [2.45, 2.75) is 106 Å². The Morgan fingerprint density at radius 3 is 2.24 bits per heavy atom. The number of allylic oxidation sites excluding steroid dienone is 3. The van der Waals surface area contributed by atoms with Crippen molar-refractivity contribution in [1.82, 2.24) is 0 Å². The van der Waals surface area contributed by atoms with E-state index in [0.29, 0.717) is 5.76 Å². The maximum Gasteiger partial charge on any atom is 0.233 e. The number of hydrogen-bond acceptors (Lipinski definition) is 15. The minimum atomic E-state index is -1.78. The van der Waals surface area contributed by atoms with E-state index < -0.39 is 110 Å². The minimum absolute atomic E-state index is 0.0202. The van der Waals surface area contributed by atoms with Gasteiger partial charge in [0.2, 0.25) is 6.23 Å². The molecule has 6 aliphatic rings. The summed E-state index contributed by atoms with van der Waals surface area (Å²) in [6.45, 7) is 2.35. The second-order valence-corrected chi connectivity index (χ2v) is 13.3. The van der Waals surface area contributed by atoms with Gasteiger partial charge >= 0.3 is 0 Å². The van der Waals surface area contributed by atoms with Crippen molar-refractivity contribution >= 4 is 11.6 Å². The van der Waals surface area contributed by atoms with Crippen LogP contribution >= 0.6 is 0 Å². The smallest absolute Gasteiger partial charge is 0.233 e. The average Bonchev–Trinajstić information content (AvgIpc) is 2.98. The predicted octanol–water partition coefficient (Wildman–Crippen LogP) is -3.32. The van der Waals surface area contributed by atoms with Gasteiger partial charge in [0.25, 0.3) is 0 Å². The molecule has 3 fully saturated rings. The van der Waals surface area contributed by atoms with E-state index in [-0.39, 0.29) is 28.0 Å². The molecule has 7 N–H and O–H groups in total. The normalized spacial score (nSPS) is 48.5. The number of hydrogen-bond donors (Lipinski definition) is 7. The fourth-order valence-electron chi connectivity index (χ4n) is 7.19. The first-order chi connectivity index (χ1) is 21.6. The zero-order valence-electron chi connectivity index (χ0n) is 25.7. The molecular weight excluding hydrogens is 614 g/mol. The third-order valence-electron chi connectivity index (χ3n) is 9.77. The molecule has 0 amide bonds. The topological polar surface area (TPSA) is 231 Å². The number of ether oxygens (including phenoxy) is 6. The first-order valence-corrected chi connectivity index (χ1v) is 15.3. The highest BCUT2D eigenvalue weighted by Crippen LogP contribution is 2.46. The molecule has 5 heterocycles. The van der Waals surface area contributed by atoms with Crippen LogP contribution in [0.1, 0.15) is 20.3 Å². The molecule has 0 bridgehead atoms. The van der Waals surface area contributed by atoms with E-state index in [9.17, 15) is 45.3 Å². The summed E-state index contributed by atoms with van der Waals surface area (Å²) in [5.41, 5.74) is 0.0202. The van der Waals surface area contributed by atoms with Gasteiger partial charge in [-0.2, -0.15) is 0 Å². The van der Waals surface area contributed by atoms with Gasteiger partial charge in [0.05, 0.1) is 50.5 Å². The monoisotopic (exact) mass is 656 g/mol. The molecule has 0 aromatic carbocycles. The summed E-state index contributed by atoms with van der Waals surface area (Å²) in [7, 11) is 3.40. The van der Waals surface area contributed by atoms with E-state index in [1.807, 2.05) is 0 Å². The number of rotatable bonds is 5. The SMILES string of the molecule is CC1=CC(=O)C2C(CC3OC4=C(C(=O)C3C2O)C(O[C@@H]2O[C@H](CO)[C@@H](O)[C@H](O)[C@H]2O[C@@H]2O[C@H](C)[C@@H](O)[C@H](O)[C@H]2O)[N+](C)(C)C=C4)O1. The van der Waals surface area contributed by atoms with E-state index in [1.54, 1.807) is 33.3 Å². The fraction of sp³-hybridized carbons (Fsp3) is 0.733. The van der Waals surface area contributed by atoms with Crippen LogP contribution in [0.15, 0.2) is 35.4 Å². The molecule has 1 saturated carbocycles. The lowest BCUT2D eigenvalue weighted by atomic mass is 9.68. The number of aliphatic hydroxyl groups is 7. The van der Waals surface area contributed by atoms with Gasteiger partial charge in [-0.05, 0) is 13.8 Å². The Labute approximate surface area is 264 Å².